The van der Waals surface area contributed by atoms with Crippen LogP contribution >= 0.6 is 0 Å². The number of morpholine rings is 2. The molecule has 2 aliphatic heterocycles. The fourth-order valence-electron chi connectivity index (χ4n) is 5.40. The van der Waals surface area contributed by atoms with Crippen molar-refractivity contribution in [2.45, 2.75) is 13.3 Å². The molecule has 2 aromatic carbocycles. The van der Waals surface area contributed by atoms with E-state index in [2.05, 4.69) is 73.5 Å². The Morgan fingerprint density at radius 1 is 0.524 bits per heavy atom. The summed E-state index contributed by atoms with van der Waals surface area (Å²) in [7, 11) is 0. The van der Waals surface area contributed by atoms with Gasteiger partial charge in [0.15, 0.2) is 11.6 Å². The molecule has 224 valence electrons. The van der Waals surface area contributed by atoms with Crippen molar-refractivity contribution in [2.75, 3.05) is 52.6 Å². The molecule has 0 saturated carbocycles. The first kappa shape index (κ1) is 34.2. The number of hydrogen-bond acceptors (Lipinski definition) is 7. The third-order valence-electron chi connectivity index (χ3n) is 7.41. The monoisotopic (exact) mass is 673 g/mol. The van der Waals surface area contributed by atoms with Gasteiger partial charge in [-0.3, -0.25) is 9.80 Å². The van der Waals surface area contributed by atoms with E-state index in [4.69, 9.17) is 24.4 Å². The van der Waals surface area contributed by atoms with E-state index in [-0.39, 0.29) is 54.0 Å². The Bertz CT molecular complexity index is 1470. The molecule has 0 bridgehead atoms. The van der Waals surface area contributed by atoms with Gasteiger partial charge in [-0.2, -0.15) is 0 Å². The number of para-hydroxylation sites is 4. The number of aromatic nitrogens is 5. The van der Waals surface area contributed by atoms with Crippen LogP contribution in [0, 0.1) is 0 Å². The molecule has 0 N–H and O–H groups in total. The largest absolute Gasteiger partial charge is 3.00 e. The van der Waals surface area contributed by atoms with Crippen LogP contribution in [0.4, 0.5) is 0 Å². The summed E-state index contributed by atoms with van der Waals surface area (Å²) in [5, 5.41) is 0. The molecule has 2 saturated heterocycles. The number of nitrogens with zero attached hydrogens (tertiary/aromatic N) is 7. The predicted octanol–water partition coefficient (Wildman–Crippen LogP) is -5.30. The fourth-order valence-corrected chi connectivity index (χ4v) is 5.40. The summed E-state index contributed by atoms with van der Waals surface area (Å²) in [4.78, 5) is 20.0. The molecule has 9 nitrogen and oxygen atoms in total. The number of hydrogen-bond donors (Lipinski definition) is 0. The Hall–Kier alpha value is -2.25. The molecule has 0 radical (unpaired) electrons. The van der Waals surface area contributed by atoms with E-state index in [0.29, 0.717) is 0 Å². The molecule has 7 rings (SSSR count). The predicted molar refractivity (Wildman–Crippen MR) is 146 cm³/mol. The second-order valence-electron chi connectivity index (χ2n) is 9.86. The Labute approximate surface area is 274 Å². The van der Waals surface area contributed by atoms with E-state index < -0.39 is 0 Å². The van der Waals surface area contributed by atoms with E-state index >= 15 is 0 Å². The van der Waals surface area contributed by atoms with Gasteiger partial charge in [-0.05, 0) is 36.4 Å². The maximum absolute atomic E-state index is 5.58. The van der Waals surface area contributed by atoms with Crippen molar-refractivity contribution in [1.29, 1.82) is 0 Å². The van der Waals surface area contributed by atoms with Crippen molar-refractivity contribution in [3.8, 4) is 23.0 Å². The molecule has 2 aliphatic rings. The van der Waals surface area contributed by atoms with Crippen LogP contribution in [-0.2, 0) is 39.6 Å². The normalized spacial score (nSPS) is 15.8. The summed E-state index contributed by atoms with van der Waals surface area (Å²) >= 11 is 0. The van der Waals surface area contributed by atoms with Gasteiger partial charge >= 0.3 is 16.8 Å². The van der Waals surface area contributed by atoms with Gasteiger partial charge in [0.2, 0.25) is 0 Å². The number of imidazole rings is 2. The fraction of sp³-hybridized carbons (Fsp3) is 0.345. The van der Waals surface area contributed by atoms with Gasteiger partial charge in [0.05, 0.1) is 61.8 Å². The van der Waals surface area contributed by atoms with E-state index in [1.54, 1.807) is 0 Å². The summed E-state index contributed by atoms with van der Waals surface area (Å²) in [5.41, 5.74) is 5.86. The minimum Gasteiger partial charge on any atom is -1.00 e. The number of fused-ring (bicyclic) bond motifs is 2. The third-order valence-corrected chi connectivity index (χ3v) is 7.41. The summed E-state index contributed by atoms with van der Waals surface area (Å²) in [6.07, 6.45) is 0. The number of ether oxygens (including phenoxy) is 2. The molecule has 0 spiro atoms. The molecular formula is C29H31Cl3CoN7O2. The summed E-state index contributed by atoms with van der Waals surface area (Å²) in [6.45, 7) is 8.17. The summed E-state index contributed by atoms with van der Waals surface area (Å²) in [6, 6.07) is 22.8. The van der Waals surface area contributed by atoms with Gasteiger partial charge in [0.1, 0.15) is 11.4 Å². The maximum atomic E-state index is 5.58. The van der Waals surface area contributed by atoms with Crippen LogP contribution in [-0.4, -0.2) is 86.5 Å². The van der Waals surface area contributed by atoms with Crippen LogP contribution < -0.4 is 37.2 Å². The van der Waals surface area contributed by atoms with Gasteiger partial charge in [-0.15, -0.1) is 0 Å². The van der Waals surface area contributed by atoms with Crippen molar-refractivity contribution >= 4 is 22.1 Å². The van der Waals surface area contributed by atoms with Crippen LogP contribution in [0.3, 0.4) is 0 Å². The average molecular weight is 675 g/mol. The van der Waals surface area contributed by atoms with Crippen LogP contribution in [0.2, 0.25) is 0 Å². The van der Waals surface area contributed by atoms with Crippen molar-refractivity contribution < 1.29 is 63.5 Å². The standard InChI is InChI=1S/C29H31N7O2.3ClH.Co/c1-3-10-26-22(6-1)31-28(35(26)20-33-12-16-37-17-13-33)24-8-5-9-25(30-24)29-32-23-7-2-4-11-27(23)36(29)21-34-14-18-38-19-15-34;;;;/h1-11H,12-21H2;3*1H;/q;;;;+3/p-3. The molecule has 0 atom stereocenters. The first-order valence-electron chi connectivity index (χ1n) is 13.3. The van der Waals surface area contributed by atoms with Crippen molar-refractivity contribution in [2.24, 2.45) is 0 Å². The van der Waals surface area contributed by atoms with Gasteiger partial charge in [-0.1, -0.05) is 30.3 Å². The van der Waals surface area contributed by atoms with Gasteiger partial charge in [-0.25, -0.2) is 15.0 Å². The quantitative estimate of drug-likeness (QED) is 0.178. The average Bonchev–Trinajstić information content (AvgIpc) is 3.53. The second kappa shape index (κ2) is 15.5. The smallest absolute Gasteiger partial charge is 1.00 e. The molecule has 5 aromatic rings. The van der Waals surface area contributed by atoms with Crippen molar-refractivity contribution in [3.63, 3.8) is 0 Å². The molecule has 0 unspecified atom stereocenters. The number of benzene rings is 2. The Kier molecular flexibility index (Phi) is 12.6. The van der Waals surface area contributed by atoms with Gasteiger partial charge in [0.25, 0.3) is 0 Å². The summed E-state index contributed by atoms with van der Waals surface area (Å²) in [5.74, 6) is 1.74. The van der Waals surface area contributed by atoms with E-state index in [9.17, 15) is 0 Å². The Morgan fingerprint density at radius 2 is 0.929 bits per heavy atom. The second-order valence-corrected chi connectivity index (χ2v) is 9.86. The minimum absolute atomic E-state index is 0. The first-order valence-corrected chi connectivity index (χ1v) is 13.3. The van der Waals surface area contributed by atoms with Crippen molar-refractivity contribution in [1.82, 2.24) is 33.9 Å². The molecule has 13 heteroatoms. The van der Waals surface area contributed by atoms with Crippen LogP contribution in [0.1, 0.15) is 0 Å². The van der Waals surface area contributed by atoms with Crippen LogP contribution in [0.5, 0.6) is 0 Å². The van der Waals surface area contributed by atoms with Crippen molar-refractivity contribution in [3.05, 3.63) is 66.7 Å². The number of pyridine rings is 1. The van der Waals surface area contributed by atoms with E-state index in [1.807, 2.05) is 12.1 Å². The zero-order valence-electron chi connectivity index (χ0n) is 22.8. The molecule has 5 heterocycles. The molecule has 0 aliphatic carbocycles. The van der Waals surface area contributed by atoms with E-state index in [1.165, 1.54) is 0 Å². The molecule has 2 fully saturated rings. The summed E-state index contributed by atoms with van der Waals surface area (Å²) < 4.78 is 15.7. The van der Waals surface area contributed by atoms with Gasteiger partial charge < -0.3 is 55.8 Å². The zero-order valence-corrected chi connectivity index (χ0v) is 26.1. The molecule has 3 aromatic heterocycles. The number of rotatable bonds is 6. The Morgan fingerprint density at radius 3 is 1.36 bits per heavy atom. The van der Waals surface area contributed by atoms with Gasteiger partial charge in [0, 0.05) is 26.2 Å². The molecule has 0 amide bonds. The Balaban J connectivity index is 0.00000121. The number of halogens is 3. The zero-order chi connectivity index (χ0) is 25.3. The first-order chi connectivity index (χ1) is 18.8. The van der Waals surface area contributed by atoms with E-state index in [0.717, 1.165) is 111 Å². The van der Waals surface area contributed by atoms with Crippen LogP contribution in [0.25, 0.3) is 45.1 Å². The maximum Gasteiger partial charge on any atom is 3.00 e. The third kappa shape index (κ3) is 6.93. The minimum atomic E-state index is 0. The topological polar surface area (TPSA) is 73.5 Å². The SMILES string of the molecule is [Cl-].[Cl-].[Cl-].[Co+3].c1cc(-c2nc3ccccc3n2CN2CCOCC2)nc(-c2nc3ccccc3n2CN2CCOCC2)c1. The molecule has 42 heavy (non-hydrogen) atoms. The van der Waals surface area contributed by atoms with Crippen LogP contribution in [0.15, 0.2) is 66.7 Å². The molecular weight excluding hydrogens is 644 g/mol.